The highest BCUT2D eigenvalue weighted by atomic mass is 16.3. The van der Waals surface area contributed by atoms with E-state index in [1.54, 1.807) is 6.26 Å². The van der Waals surface area contributed by atoms with Crippen molar-refractivity contribution in [2.75, 3.05) is 0 Å². The van der Waals surface area contributed by atoms with E-state index in [1.807, 2.05) is 6.07 Å². The Morgan fingerprint density at radius 2 is 2.15 bits per heavy atom. The normalized spacial score (nSPS) is 29.9. The Bertz CT molecular complexity index is 243. The van der Waals surface area contributed by atoms with Gasteiger partial charge in [-0.3, -0.25) is 0 Å². The van der Waals surface area contributed by atoms with Gasteiger partial charge in [-0.2, -0.15) is 0 Å². The summed E-state index contributed by atoms with van der Waals surface area (Å²) in [4.78, 5) is 0. The van der Waals surface area contributed by atoms with Gasteiger partial charge >= 0.3 is 0 Å². The first kappa shape index (κ1) is 8.82. The molecule has 0 saturated heterocycles. The number of hydrogen-bond donors (Lipinski definition) is 1. The number of nitrogens with two attached hydrogens (primary N) is 1. The van der Waals surface area contributed by atoms with E-state index in [2.05, 4.69) is 6.07 Å². The molecule has 0 radical (unpaired) electrons. The van der Waals surface area contributed by atoms with Gasteiger partial charge < -0.3 is 10.2 Å². The van der Waals surface area contributed by atoms with Gasteiger partial charge in [0, 0.05) is 12.0 Å². The second-order valence-electron chi connectivity index (χ2n) is 3.99. The monoisotopic (exact) mass is 179 g/mol. The summed E-state index contributed by atoms with van der Waals surface area (Å²) in [7, 11) is 0. The van der Waals surface area contributed by atoms with E-state index in [9.17, 15) is 0 Å². The maximum Gasteiger partial charge on any atom is 0.106 e. The molecule has 2 N–H and O–H groups in total. The van der Waals surface area contributed by atoms with Crippen LogP contribution in [0.15, 0.2) is 22.8 Å². The predicted octanol–water partition coefficient (Wildman–Crippen LogP) is 2.65. The second kappa shape index (κ2) is 3.97. The fourth-order valence-electron chi connectivity index (χ4n) is 2.18. The first-order valence-electron chi connectivity index (χ1n) is 5.15. The number of hydrogen-bond acceptors (Lipinski definition) is 2. The van der Waals surface area contributed by atoms with Crippen molar-refractivity contribution >= 4 is 0 Å². The SMILES string of the molecule is NC1CCCCC(c2ccco2)C1. The van der Waals surface area contributed by atoms with Gasteiger partial charge in [0.15, 0.2) is 0 Å². The summed E-state index contributed by atoms with van der Waals surface area (Å²) >= 11 is 0. The Balaban J connectivity index is 2.05. The fourth-order valence-corrected chi connectivity index (χ4v) is 2.18. The molecule has 0 amide bonds. The second-order valence-corrected chi connectivity index (χ2v) is 3.99. The van der Waals surface area contributed by atoms with Crippen LogP contribution in [0.1, 0.15) is 43.8 Å². The molecule has 2 unspecified atom stereocenters. The van der Waals surface area contributed by atoms with Gasteiger partial charge in [-0.1, -0.05) is 12.8 Å². The summed E-state index contributed by atoms with van der Waals surface area (Å²) in [5.74, 6) is 1.69. The van der Waals surface area contributed by atoms with Crippen molar-refractivity contribution in [3.8, 4) is 0 Å². The molecule has 1 heterocycles. The molecule has 0 spiro atoms. The molecular formula is C11H17NO. The molecule has 1 aromatic heterocycles. The molecule has 0 bridgehead atoms. The van der Waals surface area contributed by atoms with E-state index >= 15 is 0 Å². The Morgan fingerprint density at radius 3 is 2.92 bits per heavy atom. The third kappa shape index (κ3) is 2.13. The largest absolute Gasteiger partial charge is 0.469 e. The average Bonchev–Trinajstić information content (AvgIpc) is 2.56. The van der Waals surface area contributed by atoms with E-state index in [-0.39, 0.29) is 0 Å². The summed E-state index contributed by atoms with van der Waals surface area (Å²) < 4.78 is 5.42. The third-order valence-corrected chi connectivity index (χ3v) is 2.91. The zero-order valence-electron chi connectivity index (χ0n) is 7.91. The van der Waals surface area contributed by atoms with Crippen molar-refractivity contribution in [2.24, 2.45) is 5.73 Å². The van der Waals surface area contributed by atoms with Gasteiger partial charge in [-0.15, -0.1) is 0 Å². The molecule has 1 fully saturated rings. The lowest BCUT2D eigenvalue weighted by atomic mass is 9.96. The quantitative estimate of drug-likeness (QED) is 0.673. The minimum atomic E-state index is 0.373. The van der Waals surface area contributed by atoms with E-state index in [1.165, 1.54) is 25.7 Å². The molecule has 2 nitrogen and oxygen atoms in total. The average molecular weight is 179 g/mol. The zero-order valence-corrected chi connectivity index (χ0v) is 7.91. The standard InChI is InChI=1S/C11H17NO/c12-10-5-2-1-4-9(8-10)11-6-3-7-13-11/h3,6-7,9-10H,1-2,4-5,8,12H2. The van der Waals surface area contributed by atoms with Gasteiger partial charge in [0.25, 0.3) is 0 Å². The highest BCUT2D eigenvalue weighted by Gasteiger charge is 2.20. The lowest BCUT2D eigenvalue weighted by Crippen LogP contribution is -2.20. The zero-order chi connectivity index (χ0) is 9.10. The Kier molecular flexibility index (Phi) is 2.69. The predicted molar refractivity (Wildman–Crippen MR) is 52.5 cm³/mol. The van der Waals surface area contributed by atoms with Crippen molar-refractivity contribution in [1.29, 1.82) is 0 Å². The molecule has 1 aliphatic rings. The molecule has 0 aliphatic heterocycles. The topological polar surface area (TPSA) is 39.2 Å². The minimum Gasteiger partial charge on any atom is -0.469 e. The molecule has 13 heavy (non-hydrogen) atoms. The van der Waals surface area contributed by atoms with Crippen LogP contribution in [0.25, 0.3) is 0 Å². The van der Waals surface area contributed by atoms with E-state index < -0.39 is 0 Å². The van der Waals surface area contributed by atoms with E-state index in [4.69, 9.17) is 10.2 Å². The summed E-state index contributed by atoms with van der Waals surface area (Å²) in [6.45, 7) is 0. The lowest BCUT2D eigenvalue weighted by molar-refractivity contribution is 0.422. The molecule has 1 aliphatic carbocycles. The smallest absolute Gasteiger partial charge is 0.106 e. The van der Waals surface area contributed by atoms with E-state index in [0.29, 0.717) is 12.0 Å². The molecule has 2 heteroatoms. The van der Waals surface area contributed by atoms with Crippen molar-refractivity contribution in [3.63, 3.8) is 0 Å². The van der Waals surface area contributed by atoms with Gasteiger partial charge in [0.2, 0.25) is 0 Å². The molecule has 2 atom stereocenters. The first-order chi connectivity index (χ1) is 6.36. The molecule has 2 rings (SSSR count). The number of furan rings is 1. The summed E-state index contributed by atoms with van der Waals surface area (Å²) in [6, 6.07) is 4.41. The van der Waals surface area contributed by atoms with Crippen molar-refractivity contribution in [2.45, 2.75) is 44.1 Å². The third-order valence-electron chi connectivity index (χ3n) is 2.91. The maximum absolute atomic E-state index is 5.99. The minimum absolute atomic E-state index is 0.373. The van der Waals surface area contributed by atoms with Crippen LogP contribution in [-0.4, -0.2) is 6.04 Å². The van der Waals surface area contributed by atoms with Crippen LogP contribution in [0.5, 0.6) is 0 Å². The summed E-state index contributed by atoms with van der Waals surface area (Å²) in [5, 5.41) is 0. The summed E-state index contributed by atoms with van der Waals surface area (Å²) in [5.41, 5.74) is 5.99. The van der Waals surface area contributed by atoms with Gasteiger partial charge in [0.1, 0.15) is 5.76 Å². The van der Waals surface area contributed by atoms with Gasteiger partial charge in [0.05, 0.1) is 6.26 Å². The van der Waals surface area contributed by atoms with Crippen LogP contribution < -0.4 is 5.73 Å². The highest BCUT2D eigenvalue weighted by Crippen LogP contribution is 2.31. The van der Waals surface area contributed by atoms with Crippen LogP contribution in [0.4, 0.5) is 0 Å². The Morgan fingerprint density at radius 1 is 1.31 bits per heavy atom. The Hall–Kier alpha value is -0.760. The van der Waals surface area contributed by atoms with Crippen LogP contribution in [0, 0.1) is 0 Å². The summed E-state index contributed by atoms with van der Waals surface area (Å²) in [6.07, 6.45) is 7.83. The first-order valence-corrected chi connectivity index (χ1v) is 5.15. The van der Waals surface area contributed by atoms with E-state index in [0.717, 1.165) is 12.2 Å². The van der Waals surface area contributed by atoms with Crippen LogP contribution in [-0.2, 0) is 0 Å². The lowest BCUT2D eigenvalue weighted by Gasteiger charge is -2.13. The van der Waals surface area contributed by atoms with Gasteiger partial charge in [-0.25, -0.2) is 0 Å². The van der Waals surface area contributed by atoms with Crippen molar-refractivity contribution < 1.29 is 4.42 Å². The highest BCUT2D eigenvalue weighted by molar-refractivity contribution is 5.06. The molecule has 72 valence electrons. The van der Waals surface area contributed by atoms with Gasteiger partial charge in [-0.05, 0) is 31.4 Å². The molecule has 1 aromatic rings. The molecular weight excluding hydrogens is 162 g/mol. The van der Waals surface area contributed by atoms with Crippen LogP contribution in [0.2, 0.25) is 0 Å². The maximum atomic E-state index is 5.99. The molecule has 1 saturated carbocycles. The number of rotatable bonds is 1. The van der Waals surface area contributed by atoms with Crippen molar-refractivity contribution in [3.05, 3.63) is 24.2 Å². The fraction of sp³-hybridized carbons (Fsp3) is 0.636. The van der Waals surface area contributed by atoms with Crippen molar-refractivity contribution in [1.82, 2.24) is 0 Å². The molecule has 0 aromatic carbocycles. The van der Waals surface area contributed by atoms with Crippen LogP contribution in [0.3, 0.4) is 0 Å². The van der Waals surface area contributed by atoms with Crippen LogP contribution >= 0.6 is 0 Å². The Labute approximate surface area is 79.1 Å².